The molecule has 3 heteroatoms. The van der Waals surface area contributed by atoms with Gasteiger partial charge in [-0.15, -0.1) is 0 Å². The van der Waals surface area contributed by atoms with Crippen molar-refractivity contribution in [2.45, 2.75) is 18.9 Å². The first-order valence-corrected chi connectivity index (χ1v) is 3.29. The minimum atomic E-state index is -0.941. The molecule has 2 N–H and O–H groups in total. The van der Waals surface area contributed by atoms with Gasteiger partial charge in [-0.2, -0.15) is 0 Å². The van der Waals surface area contributed by atoms with Gasteiger partial charge in [-0.3, -0.25) is 4.79 Å². The van der Waals surface area contributed by atoms with Crippen LogP contribution in [0.3, 0.4) is 0 Å². The lowest BCUT2D eigenvalue weighted by atomic mass is 9.93. The minimum Gasteiger partial charge on any atom is -0.481 e. The highest BCUT2D eigenvalue weighted by Gasteiger charge is 2.24. The summed E-state index contributed by atoms with van der Waals surface area (Å²) < 4.78 is 0. The lowest BCUT2D eigenvalue weighted by Gasteiger charge is -2.18. The molecule has 0 heterocycles. The molecule has 0 spiro atoms. The highest BCUT2D eigenvalue weighted by atomic mass is 16.4. The number of hydrogen-bond acceptors (Lipinski definition) is 2. The second-order valence-electron chi connectivity index (χ2n) is 2.44. The van der Waals surface area contributed by atoms with Crippen molar-refractivity contribution in [3.63, 3.8) is 0 Å². The van der Waals surface area contributed by atoms with Crippen LogP contribution in [-0.4, -0.2) is 22.3 Å². The first-order chi connectivity index (χ1) is 4.72. The number of hydrogen-bond donors (Lipinski definition) is 2. The smallest absolute Gasteiger partial charge is 0.312 e. The molecule has 0 amide bonds. The summed E-state index contributed by atoms with van der Waals surface area (Å²) in [6, 6.07) is 0. The molecule has 0 bridgehead atoms. The highest BCUT2D eigenvalue weighted by Crippen LogP contribution is 2.17. The fourth-order valence-corrected chi connectivity index (χ4v) is 1.06. The molecule has 1 rings (SSSR count). The molecular formula is C7H10O3. The molecule has 56 valence electrons. The number of rotatable bonds is 1. The third-order valence-corrected chi connectivity index (χ3v) is 1.67. The summed E-state index contributed by atoms with van der Waals surface area (Å²) in [5.41, 5.74) is 0. The Labute approximate surface area is 59.0 Å². The van der Waals surface area contributed by atoms with Gasteiger partial charge in [0.25, 0.3) is 0 Å². The topological polar surface area (TPSA) is 57.5 Å². The van der Waals surface area contributed by atoms with E-state index in [-0.39, 0.29) is 0 Å². The summed E-state index contributed by atoms with van der Waals surface area (Å²) in [4.78, 5) is 10.4. The van der Waals surface area contributed by atoms with E-state index >= 15 is 0 Å². The first kappa shape index (κ1) is 7.28. The Morgan fingerprint density at radius 2 is 2.30 bits per heavy atom. The third-order valence-electron chi connectivity index (χ3n) is 1.67. The van der Waals surface area contributed by atoms with Gasteiger partial charge in [0.2, 0.25) is 0 Å². The monoisotopic (exact) mass is 142 g/mol. The molecule has 0 saturated heterocycles. The van der Waals surface area contributed by atoms with Gasteiger partial charge in [0.1, 0.15) is 5.92 Å². The van der Waals surface area contributed by atoms with Crippen LogP contribution in [0.4, 0.5) is 0 Å². The lowest BCUT2D eigenvalue weighted by Crippen LogP contribution is -2.28. The average molecular weight is 142 g/mol. The van der Waals surface area contributed by atoms with Gasteiger partial charge < -0.3 is 10.2 Å². The van der Waals surface area contributed by atoms with Crippen molar-refractivity contribution < 1.29 is 15.0 Å². The predicted octanol–water partition coefficient (Wildman–Crippen LogP) is 0.398. The molecule has 1 aliphatic carbocycles. The first-order valence-electron chi connectivity index (χ1n) is 3.29. The van der Waals surface area contributed by atoms with Gasteiger partial charge in [0, 0.05) is 0 Å². The van der Waals surface area contributed by atoms with Crippen LogP contribution < -0.4 is 0 Å². The number of aliphatic hydroxyl groups is 1. The van der Waals surface area contributed by atoms with Crippen LogP contribution in [0.1, 0.15) is 12.8 Å². The average Bonchev–Trinajstić information content (AvgIpc) is 1.88. The Bertz CT molecular complexity index is 162. The van der Waals surface area contributed by atoms with E-state index in [1.54, 1.807) is 12.2 Å². The standard InChI is InChI=1S/C7H10O3/c8-6-4-2-1-3-5(6)7(9)10/h1,3,5-6,8H,2,4H2,(H,9,10). The van der Waals surface area contributed by atoms with E-state index in [0.717, 1.165) is 6.42 Å². The zero-order valence-corrected chi connectivity index (χ0v) is 5.53. The lowest BCUT2D eigenvalue weighted by molar-refractivity contribution is -0.143. The molecule has 0 fully saturated rings. The number of carboxylic acids is 1. The number of aliphatic carboxylic acids is 1. The van der Waals surface area contributed by atoms with E-state index in [9.17, 15) is 4.79 Å². The van der Waals surface area contributed by atoms with E-state index in [1.807, 2.05) is 0 Å². The summed E-state index contributed by atoms with van der Waals surface area (Å²) in [5, 5.41) is 17.6. The van der Waals surface area contributed by atoms with E-state index < -0.39 is 18.0 Å². The van der Waals surface area contributed by atoms with Gasteiger partial charge in [-0.25, -0.2) is 0 Å². The summed E-state index contributed by atoms with van der Waals surface area (Å²) >= 11 is 0. The Hall–Kier alpha value is -0.830. The molecule has 10 heavy (non-hydrogen) atoms. The highest BCUT2D eigenvalue weighted by molar-refractivity contribution is 5.73. The number of carboxylic acid groups (broad SMARTS) is 1. The maximum Gasteiger partial charge on any atom is 0.312 e. The van der Waals surface area contributed by atoms with Crippen LogP contribution in [0.5, 0.6) is 0 Å². The summed E-state index contributed by atoms with van der Waals surface area (Å²) in [7, 11) is 0. The van der Waals surface area contributed by atoms with Crippen molar-refractivity contribution in [1.29, 1.82) is 0 Å². The van der Waals surface area contributed by atoms with E-state index in [4.69, 9.17) is 10.2 Å². The second kappa shape index (κ2) is 2.84. The van der Waals surface area contributed by atoms with Gasteiger partial charge in [-0.1, -0.05) is 12.2 Å². The van der Waals surface area contributed by atoms with Crippen molar-refractivity contribution >= 4 is 5.97 Å². The molecule has 2 atom stereocenters. The third kappa shape index (κ3) is 1.36. The van der Waals surface area contributed by atoms with Crippen molar-refractivity contribution in [2.24, 2.45) is 5.92 Å². The molecule has 0 aromatic rings. The predicted molar refractivity (Wildman–Crippen MR) is 35.5 cm³/mol. The van der Waals surface area contributed by atoms with Crippen LogP contribution in [-0.2, 0) is 4.79 Å². The fraction of sp³-hybridized carbons (Fsp3) is 0.571. The van der Waals surface area contributed by atoms with Gasteiger partial charge in [-0.05, 0) is 12.8 Å². The molecule has 2 unspecified atom stereocenters. The number of aliphatic hydroxyl groups excluding tert-OH is 1. The molecule has 1 aliphatic rings. The van der Waals surface area contributed by atoms with Crippen LogP contribution in [0.25, 0.3) is 0 Å². The summed E-state index contributed by atoms with van der Waals surface area (Å²) in [5.74, 6) is -1.63. The van der Waals surface area contributed by atoms with Crippen LogP contribution in [0, 0.1) is 5.92 Å². The molecule has 0 aromatic heterocycles. The quantitative estimate of drug-likeness (QED) is 0.521. The van der Waals surface area contributed by atoms with Gasteiger partial charge >= 0.3 is 5.97 Å². The summed E-state index contributed by atoms with van der Waals surface area (Å²) in [6.07, 6.45) is 4.00. The molecule has 3 nitrogen and oxygen atoms in total. The normalized spacial score (nSPS) is 32.1. The minimum absolute atomic E-state index is 0.563. The number of allylic oxidation sites excluding steroid dienone is 1. The molecule has 0 aliphatic heterocycles. The Morgan fingerprint density at radius 1 is 1.60 bits per heavy atom. The number of carbonyl (C=O) groups is 1. The van der Waals surface area contributed by atoms with Crippen LogP contribution in [0.2, 0.25) is 0 Å². The van der Waals surface area contributed by atoms with E-state index in [1.165, 1.54) is 0 Å². The van der Waals surface area contributed by atoms with Crippen molar-refractivity contribution in [2.75, 3.05) is 0 Å². The summed E-state index contributed by atoms with van der Waals surface area (Å²) in [6.45, 7) is 0. The maximum absolute atomic E-state index is 10.4. The van der Waals surface area contributed by atoms with Gasteiger partial charge in [0.15, 0.2) is 0 Å². The van der Waals surface area contributed by atoms with Crippen LogP contribution >= 0.6 is 0 Å². The molecular weight excluding hydrogens is 132 g/mol. The van der Waals surface area contributed by atoms with Gasteiger partial charge in [0.05, 0.1) is 6.10 Å². The van der Waals surface area contributed by atoms with Crippen molar-refractivity contribution in [1.82, 2.24) is 0 Å². The largest absolute Gasteiger partial charge is 0.481 e. The second-order valence-corrected chi connectivity index (χ2v) is 2.44. The zero-order chi connectivity index (χ0) is 7.56. The Morgan fingerprint density at radius 3 is 2.70 bits per heavy atom. The van der Waals surface area contributed by atoms with Crippen LogP contribution in [0.15, 0.2) is 12.2 Å². The van der Waals surface area contributed by atoms with Crippen molar-refractivity contribution in [3.05, 3.63) is 12.2 Å². The SMILES string of the molecule is O=C(O)C1C=CCCC1O. The maximum atomic E-state index is 10.4. The molecule has 0 radical (unpaired) electrons. The molecule has 0 aromatic carbocycles. The van der Waals surface area contributed by atoms with E-state index in [0.29, 0.717) is 6.42 Å². The van der Waals surface area contributed by atoms with E-state index in [2.05, 4.69) is 0 Å². The molecule has 0 saturated carbocycles. The Kier molecular flexibility index (Phi) is 2.06. The fourth-order valence-electron chi connectivity index (χ4n) is 1.06. The Balaban J connectivity index is 2.64. The van der Waals surface area contributed by atoms with Crippen molar-refractivity contribution in [3.8, 4) is 0 Å². The zero-order valence-electron chi connectivity index (χ0n) is 5.53.